The number of halogens is 1. The van der Waals surface area contributed by atoms with Crippen LogP contribution in [0.5, 0.6) is 0 Å². The zero-order valence-corrected chi connectivity index (χ0v) is 12.4. The van der Waals surface area contributed by atoms with E-state index in [4.69, 9.17) is 0 Å². The lowest BCUT2D eigenvalue weighted by Gasteiger charge is -2.37. The molecule has 1 fully saturated rings. The largest absolute Gasteiger partial charge is 0.389 e. The first kappa shape index (κ1) is 15.4. The van der Waals surface area contributed by atoms with Crippen molar-refractivity contribution in [3.63, 3.8) is 0 Å². The van der Waals surface area contributed by atoms with Crippen LogP contribution in [0.25, 0.3) is 0 Å². The van der Waals surface area contributed by atoms with Crippen LogP contribution in [0.2, 0.25) is 0 Å². The summed E-state index contributed by atoms with van der Waals surface area (Å²) in [6.07, 6.45) is 2.73. The van der Waals surface area contributed by atoms with E-state index in [9.17, 15) is 9.50 Å². The van der Waals surface area contributed by atoms with E-state index in [1.807, 2.05) is 26.1 Å². The van der Waals surface area contributed by atoms with Crippen LogP contribution in [0.3, 0.4) is 0 Å². The smallest absolute Gasteiger partial charge is 0.127 e. The summed E-state index contributed by atoms with van der Waals surface area (Å²) in [6.45, 7) is 4.49. The second-order valence-electron chi connectivity index (χ2n) is 6.03. The Morgan fingerprint density at radius 3 is 2.85 bits per heavy atom. The average molecular weight is 280 g/mol. The lowest BCUT2D eigenvalue weighted by molar-refractivity contribution is -0.0163. The molecular formula is C16H25FN2O. The highest BCUT2D eigenvalue weighted by Gasteiger charge is 2.28. The normalized spacial score (nSPS) is 25.6. The molecule has 0 saturated carbocycles. The maximum Gasteiger partial charge on any atom is 0.127 e. The van der Waals surface area contributed by atoms with Crippen LogP contribution < -0.4 is 5.32 Å². The Kier molecular flexibility index (Phi) is 5.13. The van der Waals surface area contributed by atoms with E-state index in [-0.39, 0.29) is 11.9 Å². The Balaban J connectivity index is 1.93. The standard InChI is InChI=1S/C16H25FN2O/c1-16(20)9-5-10-19(12-16)11-8-15(18-2)13-6-3-4-7-14(13)17/h3-4,6-7,15,18,20H,5,8-12H2,1-2H3. The van der Waals surface area contributed by atoms with E-state index in [2.05, 4.69) is 10.2 Å². The van der Waals surface area contributed by atoms with Crippen LogP contribution in [-0.2, 0) is 0 Å². The highest BCUT2D eigenvalue weighted by atomic mass is 19.1. The topological polar surface area (TPSA) is 35.5 Å². The summed E-state index contributed by atoms with van der Waals surface area (Å²) in [7, 11) is 1.86. The molecule has 4 heteroatoms. The van der Waals surface area contributed by atoms with Crippen molar-refractivity contribution < 1.29 is 9.50 Å². The van der Waals surface area contributed by atoms with E-state index in [0.717, 1.165) is 37.9 Å². The third-order valence-corrected chi connectivity index (χ3v) is 4.12. The Hall–Kier alpha value is -0.970. The molecular weight excluding hydrogens is 255 g/mol. The number of benzene rings is 1. The van der Waals surface area contributed by atoms with Crippen molar-refractivity contribution in [1.29, 1.82) is 0 Å². The summed E-state index contributed by atoms with van der Waals surface area (Å²) in [5, 5.41) is 13.3. The molecule has 2 unspecified atom stereocenters. The molecule has 0 spiro atoms. The summed E-state index contributed by atoms with van der Waals surface area (Å²) in [4.78, 5) is 2.27. The van der Waals surface area contributed by atoms with Gasteiger partial charge < -0.3 is 15.3 Å². The first-order chi connectivity index (χ1) is 9.52. The van der Waals surface area contributed by atoms with Crippen LogP contribution in [0, 0.1) is 5.82 Å². The van der Waals surface area contributed by atoms with Crippen molar-refractivity contribution in [1.82, 2.24) is 10.2 Å². The molecule has 2 rings (SSSR count). The van der Waals surface area contributed by atoms with Gasteiger partial charge in [0.1, 0.15) is 5.82 Å². The van der Waals surface area contributed by atoms with Gasteiger partial charge in [0.15, 0.2) is 0 Å². The third kappa shape index (κ3) is 4.01. The Morgan fingerprint density at radius 2 is 2.20 bits per heavy atom. The fraction of sp³-hybridized carbons (Fsp3) is 0.625. The summed E-state index contributed by atoms with van der Waals surface area (Å²) in [6, 6.07) is 6.94. The van der Waals surface area contributed by atoms with E-state index in [1.54, 1.807) is 6.07 Å². The van der Waals surface area contributed by atoms with Crippen molar-refractivity contribution in [2.24, 2.45) is 0 Å². The molecule has 1 aliphatic rings. The maximum atomic E-state index is 13.8. The van der Waals surface area contributed by atoms with Crippen molar-refractivity contribution >= 4 is 0 Å². The van der Waals surface area contributed by atoms with Crippen LogP contribution in [-0.4, -0.2) is 42.3 Å². The monoisotopic (exact) mass is 280 g/mol. The molecule has 3 nitrogen and oxygen atoms in total. The SMILES string of the molecule is CNC(CCN1CCCC(C)(O)C1)c1ccccc1F. The van der Waals surface area contributed by atoms with Gasteiger partial charge in [0, 0.05) is 24.7 Å². The number of nitrogens with zero attached hydrogens (tertiary/aromatic N) is 1. The Bertz CT molecular complexity index is 436. The van der Waals surface area contributed by atoms with Gasteiger partial charge >= 0.3 is 0 Å². The summed E-state index contributed by atoms with van der Waals surface area (Å²) in [5.74, 6) is -0.155. The van der Waals surface area contributed by atoms with Gasteiger partial charge in [-0.3, -0.25) is 0 Å². The van der Waals surface area contributed by atoms with Gasteiger partial charge in [-0.05, 0) is 45.8 Å². The second kappa shape index (κ2) is 6.66. The fourth-order valence-corrected chi connectivity index (χ4v) is 3.04. The zero-order chi connectivity index (χ0) is 14.6. The third-order valence-electron chi connectivity index (χ3n) is 4.12. The lowest BCUT2D eigenvalue weighted by Crippen LogP contribution is -2.46. The van der Waals surface area contributed by atoms with Gasteiger partial charge in [-0.1, -0.05) is 18.2 Å². The molecule has 1 aliphatic heterocycles. The maximum absolute atomic E-state index is 13.8. The lowest BCUT2D eigenvalue weighted by atomic mass is 9.94. The number of aliphatic hydroxyl groups is 1. The molecule has 112 valence electrons. The van der Waals surface area contributed by atoms with Crippen molar-refractivity contribution in [3.8, 4) is 0 Å². The number of hydrogen-bond donors (Lipinski definition) is 2. The molecule has 0 bridgehead atoms. The van der Waals surface area contributed by atoms with Gasteiger partial charge in [-0.2, -0.15) is 0 Å². The predicted octanol–water partition coefficient (Wildman–Crippen LogP) is 2.32. The summed E-state index contributed by atoms with van der Waals surface area (Å²) >= 11 is 0. The molecule has 0 radical (unpaired) electrons. The minimum Gasteiger partial charge on any atom is -0.389 e. The predicted molar refractivity (Wildman–Crippen MR) is 79.1 cm³/mol. The van der Waals surface area contributed by atoms with Crippen LogP contribution in [0.4, 0.5) is 4.39 Å². The average Bonchev–Trinajstić information content (AvgIpc) is 2.40. The summed E-state index contributed by atoms with van der Waals surface area (Å²) < 4.78 is 13.8. The highest BCUT2D eigenvalue weighted by molar-refractivity contribution is 5.21. The van der Waals surface area contributed by atoms with Gasteiger partial charge in [0.05, 0.1) is 5.60 Å². The number of likely N-dealkylation sites (tertiary alicyclic amines) is 1. The molecule has 1 heterocycles. The van der Waals surface area contributed by atoms with Crippen LogP contribution in [0.1, 0.15) is 37.8 Å². The molecule has 2 atom stereocenters. The Labute approximate surface area is 120 Å². The molecule has 2 N–H and O–H groups in total. The van der Waals surface area contributed by atoms with Gasteiger partial charge in [-0.25, -0.2) is 4.39 Å². The molecule has 1 aromatic carbocycles. The molecule has 0 amide bonds. The molecule has 1 saturated heterocycles. The molecule has 20 heavy (non-hydrogen) atoms. The van der Waals surface area contributed by atoms with E-state index < -0.39 is 5.60 Å². The van der Waals surface area contributed by atoms with E-state index in [0.29, 0.717) is 6.54 Å². The number of β-amino-alcohol motifs (C(OH)–C–C–N with tert-alkyl or cyclic N) is 1. The van der Waals surface area contributed by atoms with Crippen LogP contribution in [0.15, 0.2) is 24.3 Å². The number of hydrogen-bond acceptors (Lipinski definition) is 3. The van der Waals surface area contributed by atoms with Gasteiger partial charge in [0.2, 0.25) is 0 Å². The first-order valence-electron chi connectivity index (χ1n) is 7.38. The van der Waals surface area contributed by atoms with Crippen molar-refractivity contribution in [2.75, 3.05) is 26.7 Å². The molecule has 1 aromatic rings. The van der Waals surface area contributed by atoms with Crippen molar-refractivity contribution in [2.45, 2.75) is 37.8 Å². The number of piperidine rings is 1. The van der Waals surface area contributed by atoms with Gasteiger partial charge in [0.25, 0.3) is 0 Å². The zero-order valence-electron chi connectivity index (χ0n) is 12.4. The van der Waals surface area contributed by atoms with E-state index in [1.165, 1.54) is 6.07 Å². The minimum atomic E-state index is -0.578. The Morgan fingerprint density at radius 1 is 1.45 bits per heavy atom. The van der Waals surface area contributed by atoms with Gasteiger partial charge in [-0.15, -0.1) is 0 Å². The first-order valence-corrected chi connectivity index (χ1v) is 7.38. The molecule has 0 aromatic heterocycles. The molecule has 0 aliphatic carbocycles. The number of nitrogens with one attached hydrogen (secondary N) is 1. The highest BCUT2D eigenvalue weighted by Crippen LogP contribution is 2.23. The quantitative estimate of drug-likeness (QED) is 0.869. The van der Waals surface area contributed by atoms with Crippen molar-refractivity contribution in [3.05, 3.63) is 35.6 Å². The summed E-state index contributed by atoms with van der Waals surface area (Å²) in [5.41, 5.74) is 0.143. The second-order valence-corrected chi connectivity index (χ2v) is 6.03. The number of rotatable bonds is 5. The fourth-order valence-electron chi connectivity index (χ4n) is 3.04. The van der Waals surface area contributed by atoms with E-state index >= 15 is 0 Å². The van der Waals surface area contributed by atoms with Crippen LogP contribution >= 0.6 is 0 Å². The minimum absolute atomic E-state index is 0.0167.